The number of rotatable bonds is 4. The molecule has 0 atom stereocenters. The van der Waals surface area contributed by atoms with E-state index in [-0.39, 0.29) is 12.2 Å². The summed E-state index contributed by atoms with van der Waals surface area (Å²) < 4.78 is 19.6. The van der Waals surface area contributed by atoms with Crippen molar-refractivity contribution in [1.29, 1.82) is 0 Å². The predicted molar refractivity (Wildman–Crippen MR) is 95.1 cm³/mol. The van der Waals surface area contributed by atoms with Crippen molar-refractivity contribution in [3.8, 4) is 11.1 Å². The molecule has 5 heteroatoms. The minimum atomic E-state index is -0.424. The van der Waals surface area contributed by atoms with Crippen molar-refractivity contribution in [2.45, 2.75) is 6.61 Å². The molecular formula is C20H15FN2O2. The molecule has 1 heterocycles. The molecule has 0 aliphatic heterocycles. The number of benzene rings is 3. The van der Waals surface area contributed by atoms with Crippen LogP contribution in [0.15, 0.2) is 71.1 Å². The largest absolute Gasteiger partial charge is 0.423 e. The summed E-state index contributed by atoms with van der Waals surface area (Å²) in [5, 5.41) is 12.2. The summed E-state index contributed by atoms with van der Waals surface area (Å²) in [6.07, 6.45) is 0. The van der Waals surface area contributed by atoms with Gasteiger partial charge in [-0.2, -0.15) is 4.98 Å². The van der Waals surface area contributed by atoms with Crippen LogP contribution in [0.4, 0.5) is 16.1 Å². The Morgan fingerprint density at radius 1 is 0.960 bits per heavy atom. The first kappa shape index (κ1) is 15.4. The van der Waals surface area contributed by atoms with Crippen molar-refractivity contribution in [1.82, 2.24) is 4.98 Å². The number of aliphatic hydroxyl groups is 1. The highest BCUT2D eigenvalue weighted by atomic mass is 19.1. The fourth-order valence-corrected chi connectivity index (χ4v) is 2.66. The van der Waals surface area contributed by atoms with Crippen LogP contribution in [0.3, 0.4) is 0 Å². The second-order valence-electron chi connectivity index (χ2n) is 5.66. The van der Waals surface area contributed by atoms with Gasteiger partial charge in [-0.3, -0.25) is 0 Å². The van der Waals surface area contributed by atoms with Gasteiger partial charge in [0.2, 0.25) is 0 Å². The number of nitrogens with one attached hydrogen (secondary N) is 1. The molecule has 0 amide bonds. The quantitative estimate of drug-likeness (QED) is 0.559. The van der Waals surface area contributed by atoms with Crippen LogP contribution in [0.5, 0.6) is 0 Å². The molecule has 0 saturated carbocycles. The average Bonchev–Trinajstić information content (AvgIpc) is 3.03. The number of anilines is 2. The number of aliphatic hydroxyl groups excluding tert-OH is 1. The fourth-order valence-electron chi connectivity index (χ4n) is 2.66. The maximum atomic E-state index is 13.9. The SMILES string of the molecule is OCc1ccc(-c2ccc3oc(Nc4ccccc4)nc3c2)cc1F. The third-order valence-corrected chi connectivity index (χ3v) is 3.97. The first-order valence-electron chi connectivity index (χ1n) is 7.85. The van der Waals surface area contributed by atoms with Crippen LogP contribution in [0, 0.1) is 5.82 Å². The zero-order chi connectivity index (χ0) is 17.2. The van der Waals surface area contributed by atoms with Gasteiger partial charge in [-0.1, -0.05) is 36.4 Å². The van der Waals surface area contributed by atoms with E-state index in [2.05, 4.69) is 10.3 Å². The second-order valence-corrected chi connectivity index (χ2v) is 5.66. The molecule has 0 radical (unpaired) electrons. The number of hydrogen-bond acceptors (Lipinski definition) is 4. The van der Waals surface area contributed by atoms with Crippen LogP contribution < -0.4 is 5.32 Å². The number of aromatic nitrogens is 1. The minimum Gasteiger partial charge on any atom is -0.423 e. The molecule has 0 fully saturated rings. The number of halogens is 1. The van der Waals surface area contributed by atoms with Crippen molar-refractivity contribution in [3.05, 3.63) is 78.1 Å². The predicted octanol–water partition coefficient (Wildman–Crippen LogP) is 4.87. The lowest BCUT2D eigenvalue weighted by Gasteiger charge is -2.04. The van der Waals surface area contributed by atoms with Crippen LogP contribution in [0.2, 0.25) is 0 Å². The Balaban J connectivity index is 1.67. The van der Waals surface area contributed by atoms with Crippen LogP contribution in [0.25, 0.3) is 22.2 Å². The molecule has 0 unspecified atom stereocenters. The van der Waals surface area contributed by atoms with E-state index in [1.54, 1.807) is 12.1 Å². The van der Waals surface area contributed by atoms with Gasteiger partial charge in [0.15, 0.2) is 5.58 Å². The zero-order valence-corrected chi connectivity index (χ0v) is 13.2. The summed E-state index contributed by atoms with van der Waals surface area (Å²) in [5.74, 6) is -0.424. The lowest BCUT2D eigenvalue weighted by molar-refractivity contribution is 0.276. The normalized spacial score (nSPS) is 11.0. The number of para-hydroxylation sites is 1. The van der Waals surface area contributed by atoms with Crippen molar-refractivity contribution < 1.29 is 13.9 Å². The molecule has 0 aliphatic rings. The van der Waals surface area contributed by atoms with Crippen molar-refractivity contribution in [3.63, 3.8) is 0 Å². The molecular weight excluding hydrogens is 319 g/mol. The maximum absolute atomic E-state index is 13.9. The van der Waals surface area contributed by atoms with Gasteiger partial charge in [-0.05, 0) is 41.5 Å². The van der Waals surface area contributed by atoms with E-state index in [0.717, 1.165) is 16.8 Å². The smallest absolute Gasteiger partial charge is 0.300 e. The fraction of sp³-hybridized carbons (Fsp3) is 0.0500. The molecule has 2 N–H and O–H groups in total. The highest BCUT2D eigenvalue weighted by Gasteiger charge is 2.09. The van der Waals surface area contributed by atoms with E-state index in [1.165, 1.54) is 6.07 Å². The molecule has 1 aromatic heterocycles. The summed E-state index contributed by atoms with van der Waals surface area (Å²) in [6, 6.07) is 20.3. The third-order valence-electron chi connectivity index (χ3n) is 3.97. The summed E-state index contributed by atoms with van der Waals surface area (Å²) in [5.41, 5.74) is 4.04. The molecule has 0 saturated heterocycles. The monoisotopic (exact) mass is 334 g/mol. The lowest BCUT2D eigenvalue weighted by atomic mass is 10.0. The summed E-state index contributed by atoms with van der Waals surface area (Å²) >= 11 is 0. The topological polar surface area (TPSA) is 58.3 Å². The lowest BCUT2D eigenvalue weighted by Crippen LogP contribution is -1.90. The number of nitrogens with zero attached hydrogens (tertiary/aromatic N) is 1. The summed E-state index contributed by atoms with van der Waals surface area (Å²) in [6.45, 7) is -0.317. The van der Waals surface area contributed by atoms with Crippen LogP contribution >= 0.6 is 0 Å². The molecule has 0 bridgehead atoms. The Bertz CT molecular complexity index is 1030. The minimum absolute atomic E-state index is 0.278. The Morgan fingerprint density at radius 2 is 1.72 bits per heavy atom. The van der Waals surface area contributed by atoms with Crippen LogP contribution in [-0.4, -0.2) is 10.1 Å². The molecule has 0 spiro atoms. The molecule has 124 valence electrons. The first-order chi connectivity index (χ1) is 12.2. The summed E-state index contributed by atoms with van der Waals surface area (Å²) in [7, 11) is 0. The molecule has 25 heavy (non-hydrogen) atoms. The highest BCUT2D eigenvalue weighted by molar-refractivity contribution is 5.82. The van der Waals surface area contributed by atoms with E-state index in [0.29, 0.717) is 17.1 Å². The molecule has 4 rings (SSSR count). The molecule has 4 nitrogen and oxygen atoms in total. The van der Waals surface area contributed by atoms with E-state index in [9.17, 15) is 4.39 Å². The average molecular weight is 334 g/mol. The van der Waals surface area contributed by atoms with Crippen molar-refractivity contribution >= 4 is 22.8 Å². The first-order valence-corrected chi connectivity index (χ1v) is 7.85. The van der Waals surface area contributed by atoms with Gasteiger partial charge in [0.1, 0.15) is 11.3 Å². The Hall–Kier alpha value is -3.18. The standard InChI is InChI=1S/C20H15FN2O2/c21-17-10-13(6-7-15(17)12-24)14-8-9-19-18(11-14)23-20(25-19)22-16-4-2-1-3-5-16/h1-11,24H,12H2,(H,22,23). The van der Waals surface area contributed by atoms with Gasteiger partial charge in [-0.15, -0.1) is 0 Å². The number of fused-ring (bicyclic) bond motifs is 1. The molecule has 0 aliphatic carbocycles. The van der Waals surface area contributed by atoms with Gasteiger partial charge in [0.05, 0.1) is 6.61 Å². The Morgan fingerprint density at radius 3 is 2.48 bits per heavy atom. The van der Waals surface area contributed by atoms with Crippen molar-refractivity contribution in [2.75, 3.05) is 5.32 Å². The summed E-state index contributed by atoms with van der Waals surface area (Å²) in [4.78, 5) is 4.44. The van der Waals surface area contributed by atoms with Gasteiger partial charge < -0.3 is 14.8 Å². The highest BCUT2D eigenvalue weighted by Crippen LogP contribution is 2.28. The van der Waals surface area contributed by atoms with Gasteiger partial charge in [0, 0.05) is 11.3 Å². The van der Waals surface area contributed by atoms with Crippen LogP contribution in [-0.2, 0) is 6.61 Å². The van der Waals surface area contributed by atoms with Gasteiger partial charge in [0.25, 0.3) is 6.01 Å². The number of hydrogen-bond donors (Lipinski definition) is 2. The van der Waals surface area contributed by atoms with Crippen molar-refractivity contribution in [2.24, 2.45) is 0 Å². The van der Waals surface area contributed by atoms with Gasteiger partial charge >= 0.3 is 0 Å². The zero-order valence-electron chi connectivity index (χ0n) is 13.2. The Kier molecular flexibility index (Phi) is 3.91. The Labute approximate surface area is 143 Å². The van der Waals surface area contributed by atoms with E-state index >= 15 is 0 Å². The van der Waals surface area contributed by atoms with E-state index in [4.69, 9.17) is 9.52 Å². The third kappa shape index (κ3) is 3.09. The molecule has 4 aromatic rings. The van der Waals surface area contributed by atoms with Crippen LogP contribution in [0.1, 0.15) is 5.56 Å². The van der Waals surface area contributed by atoms with E-state index < -0.39 is 5.82 Å². The molecule has 3 aromatic carbocycles. The van der Waals surface area contributed by atoms with Gasteiger partial charge in [-0.25, -0.2) is 4.39 Å². The second kappa shape index (κ2) is 6.37. The number of oxazole rings is 1. The van der Waals surface area contributed by atoms with E-state index in [1.807, 2.05) is 48.5 Å². The maximum Gasteiger partial charge on any atom is 0.300 e.